The molecule has 1 atom stereocenters. The van der Waals surface area contributed by atoms with Crippen molar-refractivity contribution >= 4 is 11.0 Å². The van der Waals surface area contributed by atoms with Gasteiger partial charge in [-0.2, -0.15) is 13.2 Å². The number of benzene rings is 1. The molecule has 20 heavy (non-hydrogen) atoms. The third kappa shape index (κ3) is 3.50. The van der Waals surface area contributed by atoms with Crippen LogP contribution >= 0.6 is 0 Å². The van der Waals surface area contributed by atoms with Crippen LogP contribution in [0, 0.1) is 0 Å². The highest BCUT2D eigenvalue weighted by atomic mass is 19.4. The van der Waals surface area contributed by atoms with Gasteiger partial charge in [-0.25, -0.2) is 4.98 Å². The Labute approximate surface area is 115 Å². The van der Waals surface area contributed by atoms with E-state index in [0.29, 0.717) is 6.42 Å². The number of nitrogens with zero attached hydrogens (tertiary/aromatic N) is 2. The summed E-state index contributed by atoms with van der Waals surface area (Å²) >= 11 is 0. The average Bonchev–Trinajstić information content (AvgIpc) is 2.72. The molecule has 0 aliphatic carbocycles. The number of nitrogens with two attached hydrogens (primary N) is 1. The molecule has 2 N–H and O–H groups in total. The summed E-state index contributed by atoms with van der Waals surface area (Å²) in [5.74, 6) is 0.753. The molecule has 1 unspecified atom stereocenters. The Morgan fingerprint density at radius 2 is 2.00 bits per heavy atom. The highest BCUT2D eigenvalue weighted by Gasteiger charge is 2.27. The van der Waals surface area contributed by atoms with Crippen LogP contribution in [0.3, 0.4) is 0 Å². The van der Waals surface area contributed by atoms with E-state index >= 15 is 0 Å². The van der Waals surface area contributed by atoms with Crippen LogP contribution in [0.2, 0.25) is 0 Å². The van der Waals surface area contributed by atoms with Crippen molar-refractivity contribution in [1.82, 2.24) is 9.55 Å². The SMILES string of the molecule is CCn1c(CC(N)CCC(F)(F)F)nc2ccccc21. The lowest BCUT2D eigenvalue weighted by atomic mass is 10.1. The fourth-order valence-electron chi connectivity index (χ4n) is 2.32. The Bertz CT molecular complexity index is 575. The van der Waals surface area contributed by atoms with Crippen LogP contribution in [0.4, 0.5) is 13.2 Å². The number of fused-ring (bicyclic) bond motifs is 1. The van der Waals surface area contributed by atoms with E-state index < -0.39 is 18.6 Å². The predicted molar refractivity (Wildman–Crippen MR) is 72.4 cm³/mol. The molecule has 2 aromatic rings. The van der Waals surface area contributed by atoms with Gasteiger partial charge in [0.2, 0.25) is 0 Å². The quantitative estimate of drug-likeness (QED) is 0.916. The molecule has 0 bridgehead atoms. The molecule has 6 heteroatoms. The zero-order valence-corrected chi connectivity index (χ0v) is 11.3. The first-order chi connectivity index (χ1) is 9.40. The minimum atomic E-state index is -4.15. The van der Waals surface area contributed by atoms with E-state index in [1.807, 2.05) is 35.8 Å². The van der Waals surface area contributed by atoms with Crippen LogP contribution in [0.15, 0.2) is 24.3 Å². The fraction of sp³-hybridized carbons (Fsp3) is 0.500. The van der Waals surface area contributed by atoms with Crippen LogP contribution < -0.4 is 5.73 Å². The molecule has 0 spiro atoms. The van der Waals surface area contributed by atoms with Crippen molar-refractivity contribution in [3.63, 3.8) is 0 Å². The molecule has 0 radical (unpaired) electrons. The Morgan fingerprint density at radius 3 is 2.65 bits per heavy atom. The van der Waals surface area contributed by atoms with E-state index in [9.17, 15) is 13.2 Å². The molecule has 0 aliphatic heterocycles. The Kier molecular flexibility index (Phi) is 4.32. The summed E-state index contributed by atoms with van der Waals surface area (Å²) in [5.41, 5.74) is 7.65. The van der Waals surface area contributed by atoms with Gasteiger partial charge in [-0.3, -0.25) is 0 Å². The van der Waals surface area contributed by atoms with Gasteiger partial charge in [0.15, 0.2) is 0 Å². The van der Waals surface area contributed by atoms with Gasteiger partial charge in [-0.05, 0) is 25.5 Å². The Morgan fingerprint density at radius 1 is 1.30 bits per heavy atom. The number of alkyl halides is 3. The van der Waals surface area contributed by atoms with E-state index in [1.165, 1.54) is 0 Å². The largest absolute Gasteiger partial charge is 0.389 e. The van der Waals surface area contributed by atoms with E-state index in [-0.39, 0.29) is 6.42 Å². The molecular formula is C14H18F3N3. The van der Waals surface area contributed by atoms with Crippen LogP contribution in [0.1, 0.15) is 25.6 Å². The van der Waals surface area contributed by atoms with Gasteiger partial charge in [0, 0.05) is 25.4 Å². The van der Waals surface area contributed by atoms with Crippen molar-refractivity contribution in [1.29, 1.82) is 0 Å². The molecule has 1 aromatic heterocycles. The molecule has 0 saturated carbocycles. The summed E-state index contributed by atoms with van der Waals surface area (Å²) < 4.78 is 38.6. The highest BCUT2D eigenvalue weighted by molar-refractivity contribution is 5.75. The first-order valence-corrected chi connectivity index (χ1v) is 6.67. The number of hydrogen-bond donors (Lipinski definition) is 1. The molecule has 0 fully saturated rings. The minimum absolute atomic E-state index is 0.0730. The second-order valence-electron chi connectivity index (χ2n) is 4.88. The van der Waals surface area contributed by atoms with Crippen molar-refractivity contribution < 1.29 is 13.2 Å². The van der Waals surface area contributed by atoms with E-state index in [2.05, 4.69) is 4.98 Å². The number of halogens is 3. The second kappa shape index (κ2) is 5.83. The molecule has 110 valence electrons. The average molecular weight is 285 g/mol. The second-order valence-corrected chi connectivity index (χ2v) is 4.88. The third-order valence-corrected chi connectivity index (χ3v) is 3.29. The van der Waals surface area contributed by atoms with Crippen molar-refractivity contribution in [2.75, 3.05) is 0 Å². The lowest BCUT2D eigenvalue weighted by molar-refractivity contribution is -0.136. The molecule has 0 aliphatic rings. The van der Waals surface area contributed by atoms with Crippen molar-refractivity contribution in [3.8, 4) is 0 Å². The number of imidazole rings is 1. The zero-order chi connectivity index (χ0) is 14.8. The normalized spacial score (nSPS) is 13.8. The van der Waals surface area contributed by atoms with Gasteiger partial charge in [0.05, 0.1) is 11.0 Å². The van der Waals surface area contributed by atoms with E-state index in [0.717, 1.165) is 23.4 Å². The van der Waals surface area contributed by atoms with Gasteiger partial charge < -0.3 is 10.3 Å². The standard InChI is InChI=1S/C14H18F3N3/c1-2-20-12-6-4-3-5-11(12)19-13(20)9-10(18)7-8-14(15,16)17/h3-6,10H,2,7-9,18H2,1H3. The van der Waals surface area contributed by atoms with E-state index in [4.69, 9.17) is 5.73 Å². The lowest BCUT2D eigenvalue weighted by Gasteiger charge is -2.13. The molecule has 0 saturated heterocycles. The Balaban J connectivity index is 2.13. The molecule has 1 aromatic carbocycles. The van der Waals surface area contributed by atoms with Gasteiger partial charge in [-0.15, -0.1) is 0 Å². The van der Waals surface area contributed by atoms with Crippen LogP contribution in [0.25, 0.3) is 11.0 Å². The highest BCUT2D eigenvalue weighted by Crippen LogP contribution is 2.23. The third-order valence-electron chi connectivity index (χ3n) is 3.29. The summed E-state index contributed by atoms with van der Waals surface area (Å²) in [6, 6.07) is 7.13. The van der Waals surface area contributed by atoms with Crippen LogP contribution in [-0.2, 0) is 13.0 Å². The maximum Gasteiger partial charge on any atom is 0.389 e. The lowest BCUT2D eigenvalue weighted by Crippen LogP contribution is -2.26. The summed E-state index contributed by atoms with van der Waals surface area (Å²) in [6.07, 6.45) is -4.71. The summed E-state index contributed by atoms with van der Waals surface area (Å²) in [5, 5.41) is 0. The predicted octanol–water partition coefficient (Wildman–Crippen LogP) is 3.27. The number of aryl methyl sites for hydroxylation is 1. The van der Waals surface area contributed by atoms with Crippen molar-refractivity contribution in [2.24, 2.45) is 5.73 Å². The minimum Gasteiger partial charge on any atom is -0.328 e. The summed E-state index contributed by atoms with van der Waals surface area (Å²) in [4.78, 5) is 4.47. The number of rotatable bonds is 5. The summed E-state index contributed by atoms with van der Waals surface area (Å²) in [7, 11) is 0. The van der Waals surface area contributed by atoms with Crippen LogP contribution in [-0.4, -0.2) is 21.8 Å². The number of para-hydroxylation sites is 2. The van der Waals surface area contributed by atoms with Crippen LogP contribution in [0.5, 0.6) is 0 Å². The molecular weight excluding hydrogens is 267 g/mol. The molecule has 0 amide bonds. The zero-order valence-electron chi connectivity index (χ0n) is 11.3. The Hall–Kier alpha value is -1.56. The fourth-order valence-corrected chi connectivity index (χ4v) is 2.32. The van der Waals surface area contributed by atoms with Gasteiger partial charge >= 0.3 is 6.18 Å². The molecule has 2 rings (SSSR count). The maximum absolute atomic E-state index is 12.2. The van der Waals surface area contributed by atoms with E-state index in [1.54, 1.807) is 0 Å². The van der Waals surface area contributed by atoms with Gasteiger partial charge in [0.25, 0.3) is 0 Å². The smallest absolute Gasteiger partial charge is 0.328 e. The first kappa shape index (κ1) is 14.8. The first-order valence-electron chi connectivity index (χ1n) is 6.67. The topological polar surface area (TPSA) is 43.8 Å². The van der Waals surface area contributed by atoms with Crippen molar-refractivity contribution in [2.45, 2.75) is 44.9 Å². The maximum atomic E-state index is 12.2. The van der Waals surface area contributed by atoms with Crippen molar-refractivity contribution in [3.05, 3.63) is 30.1 Å². The van der Waals surface area contributed by atoms with Gasteiger partial charge in [0.1, 0.15) is 5.82 Å². The molecule has 1 heterocycles. The van der Waals surface area contributed by atoms with Gasteiger partial charge in [-0.1, -0.05) is 12.1 Å². The number of aromatic nitrogens is 2. The molecule has 3 nitrogen and oxygen atoms in total. The monoisotopic (exact) mass is 285 g/mol. The number of hydrogen-bond acceptors (Lipinski definition) is 2. The summed E-state index contributed by atoms with van der Waals surface area (Å²) in [6.45, 7) is 2.71.